The molecule has 128 valence electrons. The van der Waals surface area contributed by atoms with Gasteiger partial charge >= 0.3 is 0 Å². The first-order chi connectivity index (χ1) is 11.6. The van der Waals surface area contributed by atoms with E-state index in [4.69, 9.17) is 4.74 Å². The fourth-order valence-electron chi connectivity index (χ4n) is 3.08. The van der Waals surface area contributed by atoms with E-state index in [-0.39, 0.29) is 18.1 Å². The Hall–Kier alpha value is -1.99. The highest BCUT2D eigenvalue weighted by molar-refractivity contribution is 7.09. The van der Waals surface area contributed by atoms with Gasteiger partial charge in [-0.3, -0.25) is 9.59 Å². The summed E-state index contributed by atoms with van der Waals surface area (Å²) < 4.78 is 6.75. The summed E-state index contributed by atoms with van der Waals surface area (Å²) in [5, 5.41) is 2.99. The lowest BCUT2D eigenvalue weighted by Crippen LogP contribution is -2.35. The number of ether oxygens (including phenoxy) is 1. The van der Waals surface area contributed by atoms with Crippen LogP contribution in [0.25, 0.3) is 0 Å². The molecule has 3 heterocycles. The van der Waals surface area contributed by atoms with E-state index in [0.717, 1.165) is 28.4 Å². The summed E-state index contributed by atoms with van der Waals surface area (Å²) in [6.45, 7) is 3.80. The maximum atomic E-state index is 12.4. The third kappa shape index (κ3) is 3.57. The van der Waals surface area contributed by atoms with Crippen LogP contribution in [0.3, 0.4) is 0 Å². The molecule has 1 aliphatic heterocycles. The quantitative estimate of drug-likeness (QED) is 0.835. The summed E-state index contributed by atoms with van der Waals surface area (Å²) in [7, 11) is 1.53. The van der Waals surface area contributed by atoms with Crippen LogP contribution in [0, 0.1) is 6.92 Å². The first-order valence-corrected chi connectivity index (χ1v) is 8.85. The van der Waals surface area contributed by atoms with Crippen molar-refractivity contribution in [1.29, 1.82) is 0 Å². The van der Waals surface area contributed by atoms with Crippen molar-refractivity contribution >= 4 is 17.2 Å². The van der Waals surface area contributed by atoms with Crippen molar-refractivity contribution < 1.29 is 9.53 Å². The molecule has 0 unspecified atom stereocenters. The molecule has 0 saturated carbocycles. The lowest BCUT2D eigenvalue weighted by Gasteiger charge is -2.19. The van der Waals surface area contributed by atoms with Crippen molar-refractivity contribution in [3.63, 3.8) is 0 Å². The Balaban J connectivity index is 1.86. The van der Waals surface area contributed by atoms with Crippen molar-refractivity contribution in [2.75, 3.05) is 26.8 Å². The topological polar surface area (TPSA) is 64.4 Å². The third-order valence-electron chi connectivity index (χ3n) is 4.27. The number of hydrogen-bond acceptors (Lipinski definition) is 5. The Bertz CT molecular complexity index is 797. The van der Waals surface area contributed by atoms with Gasteiger partial charge in [-0.15, -0.1) is 11.3 Å². The van der Waals surface area contributed by atoms with Crippen molar-refractivity contribution in [3.05, 3.63) is 49.8 Å². The number of amides is 1. The Morgan fingerprint density at radius 1 is 1.33 bits per heavy atom. The number of fused-ring (bicyclic) bond motifs is 1. The van der Waals surface area contributed by atoms with Crippen molar-refractivity contribution in [2.45, 2.75) is 26.3 Å². The van der Waals surface area contributed by atoms with E-state index in [0.29, 0.717) is 26.1 Å². The summed E-state index contributed by atoms with van der Waals surface area (Å²) in [4.78, 5) is 30.7. The van der Waals surface area contributed by atoms with Gasteiger partial charge in [0.2, 0.25) is 5.91 Å². The van der Waals surface area contributed by atoms with Crippen LogP contribution < -0.4 is 5.56 Å². The van der Waals surface area contributed by atoms with Crippen LogP contribution in [0.5, 0.6) is 0 Å². The molecule has 3 rings (SSSR count). The Kier molecular flexibility index (Phi) is 5.11. The summed E-state index contributed by atoms with van der Waals surface area (Å²) in [5.74, 6) is -0.00525. The van der Waals surface area contributed by atoms with Gasteiger partial charge in [-0.05, 0) is 18.9 Å². The fraction of sp³-hybridized carbons (Fsp3) is 0.471. The second-order valence-electron chi connectivity index (χ2n) is 5.90. The van der Waals surface area contributed by atoms with Crippen LogP contribution in [-0.4, -0.2) is 47.2 Å². The van der Waals surface area contributed by atoms with E-state index >= 15 is 0 Å². The molecule has 6 nitrogen and oxygen atoms in total. The Labute approximate surface area is 144 Å². The fourth-order valence-corrected chi connectivity index (χ4v) is 3.68. The van der Waals surface area contributed by atoms with Crippen LogP contribution in [0.15, 0.2) is 22.3 Å². The predicted octanol–water partition coefficient (Wildman–Crippen LogP) is 1.24. The Morgan fingerprint density at radius 2 is 2.12 bits per heavy atom. The van der Waals surface area contributed by atoms with Crippen molar-refractivity contribution in [2.24, 2.45) is 0 Å². The maximum absolute atomic E-state index is 12.4. The highest BCUT2D eigenvalue weighted by Crippen LogP contribution is 2.17. The largest absolute Gasteiger partial charge is 0.375 e. The number of pyridine rings is 1. The van der Waals surface area contributed by atoms with Gasteiger partial charge < -0.3 is 14.2 Å². The van der Waals surface area contributed by atoms with Gasteiger partial charge in [0.25, 0.3) is 5.56 Å². The van der Waals surface area contributed by atoms with Crippen molar-refractivity contribution in [3.8, 4) is 0 Å². The van der Waals surface area contributed by atoms with E-state index < -0.39 is 0 Å². The molecule has 0 atom stereocenters. The zero-order valence-corrected chi connectivity index (χ0v) is 14.8. The third-order valence-corrected chi connectivity index (χ3v) is 5.09. The molecule has 0 saturated heterocycles. The number of aryl methyl sites for hydroxylation is 1. The smallest absolute Gasteiger partial charge is 0.251 e. The molecule has 24 heavy (non-hydrogen) atoms. The van der Waals surface area contributed by atoms with E-state index in [1.807, 2.05) is 23.3 Å². The lowest BCUT2D eigenvalue weighted by molar-refractivity contribution is -0.135. The average Bonchev–Trinajstić information content (AvgIpc) is 2.84. The minimum absolute atomic E-state index is 0.00525. The minimum Gasteiger partial charge on any atom is -0.375 e. The van der Waals surface area contributed by atoms with Crippen LogP contribution >= 0.6 is 11.3 Å². The molecule has 0 aromatic carbocycles. The van der Waals surface area contributed by atoms with E-state index in [9.17, 15) is 9.59 Å². The van der Waals surface area contributed by atoms with Gasteiger partial charge in [-0.2, -0.15) is 0 Å². The predicted molar refractivity (Wildman–Crippen MR) is 92.5 cm³/mol. The van der Waals surface area contributed by atoms with Gasteiger partial charge in [-0.25, -0.2) is 4.98 Å². The number of rotatable bonds is 4. The van der Waals surface area contributed by atoms with E-state index in [1.165, 1.54) is 7.11 Å². The lowest BCUT2D eigenvalue weighted by atomic mass is 10.1. The molecule has 2 aromatic rings. The summed E-state index contributed by atoms with van der Waals surface area (Å²) in [6.07, 6.45) is 1.42. The number of aromatic nitrogens is 2. The molecule has 0 N–H and O–H groups in total. The van der Waals surface area contributed by atoms with Gasteiger partial charge in [0, 0.05) is 43.8 Å². The van der Waals surface area contributed by atoms with Crippen LogP contribution in [-0.2, 0) is 28.9 Å². The Morgan fingerprint density at radius 3 is 2.83 bits per heavy atom. The van der Waals surface area contributed by atoms with Crippen LogP contribution in [0.4, 0.5) is 0 Å². The van der Waals surface area contributed by atoms with Gasteiger partial charge in [-0.1, -0.05) is 6.07 Å². The monoisotopic (exact) mass is 347 g/mol. The van der Waals surface area contributed by atoms with Crippen LogP contribution in [0.2, 0.25) is 0 Å². The molecule has 0 radical (unpaired) electrons. The SMILES string of the molecule is COCC(=O)N1CCc2ccc(=O)n(Cc3csc(C)n3)c2CC1. The molecular weight excluding hydrogens is 326 g/mol. The molecule has 0 spiro atoms. The van der Waals surface area contributed by atoms with E-state index in [2.05, 4.69) is 4.98 Å². The van der Waals surface area contributed by atoms with Gasteiger partial charge in [0.1, 0.15) is 6.61 Å². The number of thiazole rings is 1. The molecule has 1 amide bonds. The van der Waals surface area contributed by atoms with Gasteiger partial charge in [0.15, 0.2) is 0 Å². The maximum Gasteiger partial charge on any atom is 0.251 e. The summed E-state index contributed by atoms with van der Waals surface area (Å²) in [6, 6.07) is 3.51. The zero-order valence-electron chi connectivity index (χ0n) is 13.9. The number of hydrogen-bond donors (Lipinski definition) is 0. The first-order valence-electron chi connectivity index (χ1n) is 7.98. The number of nitrogens with zero attached hydrogens (tertiary/aromatic N) is 3. The molecule has 0 aliphatic carbocycles. The van der Waals surface area contributed by atoms with Gasteiger partial charge in [0.05, 0.1) is 17.2 Å². The number of carbonyl (C=O) groups excluding carboxylic acids is 1. The first kappa shape index (κ1) is 16.9. The van der Waals surface area contributed by atoms with Crippen molar-refractivity contribution in [1.82, 2.24) is 14.5 Å². The second-order valence-corrected chi connectivity index (χ2v) is 6.96. The molecular formula is C17H21N3O3S. The average molecular weight is 347 g/mol. The molecule has 7 heteroatoms. The zero-order chi connectivity index (χ0) is 17.1. The minimum atomic E-state index is -0.0175. The second kappa shape index (κ2) is 7.27. The number of carbonyl (C=O) groups is 1. The summed E-state index contributed by atoms with van der Waals surface area (Å²) >= 11 is 1.59. The highest BCUT2D eigenvalue weighted by atomic mass is 32.1. The standard InChI is InChI=1S/C17H21N3O3S/c1-12-18-14(11-24-12)9-20-15-6-8-19(17(22)10-23-2)7-5-13(15)3-4-16(20)21/h3-4,11H,5-10H2,1-2H3. The summed E-state index contributed by atoms with van der Waals surface area (Å²) in [5.41, 5.74) is 3.04. The molecule has 2 aromatic heterocycles. The normalized spacial score (nSPS) is 14.3. The highest BCUT2D eigenvalue weighted by Gasteiger charge is 2.21. The number of methoxy groups -OCH3 is 1. The molecule has 1 aliphatic rings. The molecule has 0 fully saturated rings. The van der Waals surface area contributed by atoms with Crippen LogP contribution in [0.1, 0.15) is 22.0 Å². The van der Waals surface area contributed by atoms with E-state index in [1.54, 1.807) is 22.0 Å². The molecule has 0 bridgehead atoms.